The summed E-state index contributed by atoms with van der Waals surface area (Å²) in [6.07, 6.45) is 0. The van der Waals surface area contributed by atoms with Crippen LogP contribution in [0.2, 0.25) is 10.0 Å². The molecule has 0 aromatic heterocycles. The van der Waals surface area contributed by atoms with Crippen LogP contribution < -0.4 is 16.0 Å². The van der Waals surface area contributed by atoms with Crippen LogP contribution in [-0.2, 0) is 0 Å². The average molecular weight is 349 g/mol. The predicted octanol–water partition coefficient (Wildman–Crippen LogP) is 2.97. The summed E-state index contributed by atoms with van der Waals surface area (Å²) in [4.78, 5) is 14.1. The van der Waals surface area contributed by atoms with Gasteiger partial charge in [-0.3, -0.25) is 4.79 Å². The monoisotopic (exact) mass is 348 g/mol. The number of halogens is 2. The summed E-state index contributed by atoms with van der Waals surface area (Å²) < 4.78 is 0. The van der Waals surface area contributed by atoms with Crippen LogP contribution in [0.25, 0.3) is 11.1 Å². The second-order valence-corrected chi connectivity index (χ2v) is 6.20. The van der Waals surface area contributed by atoms with Crippen LogP contribution in [0.15, 0.2) is 30.3 Å². The normalized spacial score (nSPS) is 14.8. The molecular weight excluding hydrogens is 333 g/mol. The molecule has 6 heteroatoms. The van der Waals surface area contributed by atoms with Crippen molar-refractivity contribution in [1.29, 1.82) is 0 Å². The molecule has 0 aliphatic carbocycles. The molecule has 0 unspecified atom stereocenters. The predicted molar refractivity (Wildman–Crippen MR) is 94.3 cm³/mol. The molecule has 0 spiro atoms. The van der Waals surface area contributed by atoms with Crippen molar-refractivity contribution >= 4 is 34.8 Å². The van der Waals surface area contributed by atoms with Gasteiger partial charge in [-0.25, -0.2) is 0 Å². The molecule has 3 rings (SSSR count). The third kappa shape index (κ3) is 3.44. The quantitative estimate of drug-likeness (QED) is 0.896. The van der Waals surface area contributed by atoms with Gasteiger partial charge < -0.3 is 16.0 Å². The third-order valence-corrected chi connectivity index (χ3v) is 4.42. The first-order valence-corrected chi connectivity index (χ1v) is 8.09. The number of nitrogens with two attached hydrogens (primary N) is 1. The Morgan fingerprint density at radius 2 is 1.87 bits per heavy atom. The number of benzene rings is 2. The van der Waals surface area contributed by atoms with Crippen LogP contribution in [0, 0.1) is 6.07 Å². The van der Waals surface area contributed by atoms with Crippen LogP contribution in [0.5, 0.6) is 0 Å². The van der Waals surface area contributed by atoms with Gasteiger partial charge in [-0.2, -0.15) is 0 Å². The van der Waals surface area contributed by atoms with E-state index >= 15 is 0 Å². The summed E-state index contributed by atoms with van der Waals surface area (Å²) in [6.45, 7) is 3.54. The van der Waals surface area contributed by atoms with Gasteiger partial charge in [0, 0.05) is 53.5 Å². The van der Waals surface area contributed by atoms with Gasteiger partial charge in [-0.05, 0) is 29.8 Å². The molecule has 1 fully saturated rings. The van der Waals surface area contributed by atoms with Crippen molar-refractivity contribution in [2.24, 2.45) is 5.73 Å². The largest absolute Gasteiger partial charge is 0.368 e. The molecule has 3 N–H and O–H groups in total. The van der Waals surface area contributed by atoms with E-state index in [1.54, 1.807) is 18.2 Å². The Labute approximate surface area is 145 Å². The van der Waals surface area contributed by atoms with Crippen LogP contribution in [-0.4, -0.2) is 32.1 Å². The second-order valence-electron chi connectivity index (χ2n) is 5.36. The van der Waals surface area contributed by atoms with Crippen LogP contribution in [0.4, 0.5) is 5.69 Å². The molecule has 0 bridgehead atoms. The van der Waals surface area contributed by atoms with E-state index in [0.717, 1.165) is 31.9 Å². The number of primary amides is 1. The van der Waals surface area contributed by atoms with Crippen LogP contribution >= 0.6 is 23.2 Å². The zero-order valence-corrected chi connectivity index (χ0v) is 13.9. The molecule has 2 aromatic rings. The first-order chi connectivity index (χ1) is 11.1. The number of rotatable bonds is 3. The molecular formula is C17H16Cl2N3O. The summed E-state index contributed by atoms with van der Waals surface area (Å²) in [7, 11) is 0. The summed E-state index contributed by atoms with van der Waals surface area (Å²) in [6, 6.07) is 12.1. The van der Waals surface area contributed by atoms with Gasteiger partial charge in [-0.15, -0.1) is 0 Å². The van der Waals surface area contributed by atoms with E-state index in [1.165, 1.54) is 0 Å². The van der Waals surface area contributed by atoms with Crippen LogP contribution in [0.3, 0.4) is 0 Å². The van der Waals surface area contributed by atoms with E-state index in [-0.39, 0.29) is 0 Å². The first-order valence-electron chi connectivity index (χ1n) is 7.33. The number of carbonyl (C=O) groups is 1. The number of nitrogens with one attached hydrogen (secondary N) is 1. The Hall–Kier alpha value is -1.75. The maximum Gasteiger partial charge on any atom is 0.250 e. The number of nitrogens with zero attached hydrogens (tertiary/aromatic N) is 1. The Balaban J connectivity index is 2.07. The first kappa shape index (κ1) is 16.1. The minimum Gasteiger partial charge on any atom is -0.368 e. The van der Waals surface area contributed by atoms with Gasteiger partial charge in [0.1, 0.15) is 0 Å². The van der Waals surface area contributed by atoms with E-state index in [9.17, 15) is 4.79 Å². The highest BCUT2D eigenvalue weighted by molar-refractivity contribution is 6.35. The Morgan fingerprint density at radius 3 is 2.57 bits per heavy atom. The zero-order valence-electron chi connectivity index (χ0n) is 12.4. The molecule has 1 aliphatic heterocycles. The number of amides is 1. The average Bonchev–Trinajstić information content (AvgIpc) is 2.57. The Kier molecular flexibility index (Phi) is 4.76. The third-order valence-electron chi connectivity index (χ3n) is 3.85. The van der Waals surface area contributed by atoms with Gasteiger partial charge >= 0.3 is 0 Å². The minimum absolute atomic E-state index is 0.324. The Morgan fingerprint density at radius 1 is 1.13 bits per heavy atom. The lowest BCUT2D eigenvalue weighted by Gasteiger charge is -2.29. The highest BCUT2D eigenvalue weighted by Gasteiger charge is 2.18. The van der Waals surface area contributed by atoms with Crippen molar-refractivity contribution in [3.05, 3.63) is 52.0 Å². The van der Waals surface area contributed by atoms with Gasteiger partial charge in [-0.1, -0.05) is 29.3 Å². The number of carbonyl (C=O) groups excluding carboxylic acids is 1. The van der Waals surface area contributed by atoms with E-state index in [1.807, 2.05) is 12.1 Å². The molecule has 1 radical (unpaired) electrons. The summed E-state index contributed by atoms with van der Waals surface area (Å²) in [5.74, 6) is -0.534. The number of hydrogen-bond donors (Lipinski definition) is 2. The maximum atomic E-state index is 11.9. The molecule has 2 aromatic carbocycles. The summed E-state index contributed by atoms with van der Waals surface area (Å²) in [5.41, 5.74) is 8.07. The van der Waals surface area contributed by atoms with E-state index < -0.39 is 5.91 Å². The number of piperazine rings is 1. The molecule has 1 aliphatic rings. The van der Waals surface area contributed by atoms with E-state index in [0.29, 0.717) is 26.7 Å². The van der Waals surface area contributed by atoms with Gasteiger partial charge in [0.25, 0.3) is 0 Å². The Bertz CT molecular complexity index is 743. The standard InChI is InChI=1S/C17H16Cl2N3O/c18-11-1-4-16(19)14(9-11)13-3-2-12(10-15(13)17(20)23)22-7-5-21-6-8-22/h1-4,9,21H,5-8H2,(H2,20,23). The molecule has 1 saturated heterocycles. The van der Waals surface area contributed by atoms with Crippen molar-refractivity contribution in [3.63, 3.8) is 0 Å². The topological polar surface area (TPSA) is 58.4 Å². The van der Waals surface area contributed by atoms with Crippen molar-refractivity contribution in [3.8, 4) is 11.1 Å². The van der Waals surface area contributed by atoms with Gasteiger partial charge in [0.2, 0.25) is 5.91 Å². The molecule has 4 nitrogen and oxygen atoms in total. The number of anilines is 1. The minimum atomic E-state index is -0.534. The molecule has 1 heterocycles. The van der Waals surface area contributed by atoms with Crippen LogP contribution in [0.1, 0.15) is 10.4 Å². The number of hydrogen-bond acceptors (Lipinski definition) is 3. The molecule has 0 atom stereocenters. The van der Waals surface area contributed by atoms with E-state index in [2.05, 4.69) is 16.3 Å². The fourth-order valence-electron chi connectivity index (χ4n) is 2.70. The van der Waals surface area contributed by atoms with Crippen molar-refractivity contribution < 1.29 is 4.79 Å². The molecule has 1 amide bonds. The lowest BCUT2D eigenvalue weighted by molar-refractivity contribution is 0.100. The van der Waals surface area contributed by atoms with Gasteiger partial charge in [0.05, 0.1) is 5.56 Å². The summed E-state index contributed by atoms with van der Waals surface area (Å²) in [5, 5.41) is 4.35. The molecule has 119 valence electrons. The van der Waals surface area contributed by atoms with Gasteiger partial charge in [0.15, 0.2) is 0 Å². The SMILES string of the molecule is NC(=O)c1[c]c(N2CCNCC2)ccc1-c1cc(Cl)ccc1Cl. The van der Waals surface area contributed by atoms with Crippen molar-refractivity contribution in [1.82, 2.24) is 5.32 Å². The fourth-order valence-corrected chi connectivity index (χ4v) is 3.09. The van der Waals surface area contributed by atoms with Crippen molar-refractivity contribution in [2.75, 3.05) is 31.1 Å². The lowest BCUT2D eigenvalue weighted by atomic mass is 9.98. The summed E-state index contributed by atoms with van der Waals surface area (Å²) >= 11 is 12.3. The highest BCUT2D eigenvalue weighted by Crippen LogP contribution is 2.34. The maximum absolute atomic E-state index is 11.9. The second kappa shape index (κ2) is 6.79. The zero-order chi connectivity index (χ0) is 16.4. The highest BCUT2D eigenvalue weighted by atomic mass is 35.5. The van der Waals surface area contributed by atoms with Crippen molar-refractivity contribution in [2.45, 2.75) is 0 Å². The van der Waals surface area contributed by atoms with E-state index in [4.69, 9.17) is 28.9 Å². The smallest absolute Gasteiger partial charge is 0.250 e. The molecule has 0 saturated carbocycles. The lowest BCUT2D eigenvalue weighted by Crippen LogP contribution is -2.43. The molecule has 23 heavy (non-hydrogen) atoms. The fraction of sp³-hybridized carbons (Fsp3) is 0.235.